The lowest BCUT2D eigenvalue weighted by Crippen LogP contribution is -1.93. The molecule has 0 aliphatic carbocycles. The number of hydrogen-bond donors (Lipinski definition) is 0. The summed E-state index contributed by atoms with van der Waals surface area (Å²) in [6.07, 6.45) is 0.675. The first kappa shape index (κ1) is 8.84. The van der Waals surface area contributed by atoms with Gasteiger partial charge in [-0.15, -0.1) is 0 Å². The van der Waals surface area contributed by atoms with Crippen molar-refractivity contribution in [1.29, 1.82) is 0 Å². The number of aldehydes is 1. The average molecular weight is 263 g/mol. The fourth-order valence-corrected chi connectivity index (χ4v) is 2.00. The van der Waals surface area contributed by atoms with Crippen molar-refractivity contribution in [2.24, 2.45) is 0 Å². The van der Waals surface area contributed by atoms with Crippen molar-refractivity contribution < 1.29 is 14.3 Å². The third kappa shape index (κ3) is 1.30. The number of carbonyl (C=O) groups excluding carboxylic acids is 1. The lowest BCUT2D eigenvalue weighted by atomic mass is 10.2. The van der Waals surface area contributed by atoms with Crippen LogP contribution >= 0.6 is 27.5 Å². The van der Waals surface area contributed by atoms with E-state index < -0.39 is 0 Å². The number of benzene rings is 1. The predicted octanol–water partition coefficient (Wildman–Crippen LogP) is 2.64. The zero-order valence-electron chi connectivity index (χ0n) is 6.34. The summed E-state index contributed by atoms with van der Waals surface area (Å²) in [4.78, 5) is 10.6. The van der Waals surface area contributed by atoms with Gasteiger partial charge in [-0.25, -0.2) is 0 Å². The van der Waals surface area contributed by atoms with E-state index >= 15 is 0 Å². The molecule has 0 atom stereocenters. The molecule has 1 aromatic carbocycles. The van der Waals surface area contributed by atoms with Gasteiger partial charge in [0.2, 0.25) is 6.79 Å². The summed E-state index contributed by atoms with van der Waals surface area (Å²) in [6, 6.07) is 1.66. The van der Waals surface area contributed by atoms with Gasteiger partial charge in [-0.2, -0.15) is 0 Å². The topological polar surface area (TPSA) is 35.5 Å². The maximum absolute atomic E-state index is 10.6. The summed E-state index contributed by atoms with van der Waals surface area (Å²) < 4.78 is 10.8. The van der Waals surface area contributed by atoms with E-state index in [0.717, 1.165) is 0 Å². The zero-order chi connectivity index (χ0) is 9.42. The SMILES string of the molecule is O=Cc1c(Br)cc2c(c1Cl)OCO2. The molecule has 5 heteroatoms. The fraction of sp³-hybridized carbons (Fsp3) is 0.125. The Kier molecular flexibility index (Phi) is 2.17. The van der Waals surface area contributed by atoms with E-state index in [4.69, 9.17) is 21.1 Å². The van der Waals surface area contributed by atoms with Crippen molar-refractivity contribution >= 4 is 33.8 Å². The Morgan fingerprint density at radius 1 is 1.54 bits per heavy atom. The van der Waals surface area contributed by atoms with Crippen LogP contribution in [0.25, 0.3) is 0 Å². The van der Waals surface area contributed by atoms with Gasteiger partial charge in [-0.1, -0.05) is 11.6 Å². The van der Waals surface area contributed by atoms with Gasteiger partial charge in [-0.05, 0) is 22.0 Å². The largest absolute Gasteiger partial charge is 0.453 e. The van der Waals surface area contributed by atoms with Gasteiger partial charge in [0.1, 0.15) is 0 Å². The third-order valence-corrected chi connectivity index (χ3v) is 2.74. The molecule has 2 rings (SSSR count). The van der Waals surface area contributed by atoms with Gasteiger partial charge in [0.25, 0.3) is 0 Å². The molecule has 0 bridgehead atoms. The molecule has 0 amide bonds. The van der Waals surface area contributed by atoms with Crippen LogP contribution in [0.4, 0.5) is 0 Å². The second-order valence-electron chi connectivity index (χ2n) is 2.44. The molecular weight excluding hydrogens is 259 g/mol. The smallest absolute Gasteiger partial charge is 0.231 e. The van der Waals surface area contributed by atoms with E-state index in [1.54, 1.807) is 6.07 Å². The van der Waals surface area contributed by atoms with Crippen molar-refractivity contribution in [1.82, 2.24) is 0 Å². The maximum atomic E-state index is 10.6. The van der Waals surface area contributed by atoms with Crippen LogP contribution in [-0.4, -0.2) is 13.1 Å². The molecule has 3 nitrogen and oxygen atoms in total. The first-order valence-electron chi connectivity index (χ1n) is 3.47. The van der Waals surface area contributed by atoms with Crippen LogP contribution < -0.4 is 9.47 Å². The van der Waals surface area contributed by atoms with E-state index in [1.807, 2.05) is 0 Å². The normalized spacial score (nSPS) is 13.1. The van der Waals surface area contributed by atoms with Gasteiger partial charge < -0.3 is 9.47 Å². The highest BCUT2D eigenvalue weighted by Gasteiger charge is 2.21. The second-order valence-corrected chi connectivity index (χ2v) is 3.67. The first-order valence-corrected chi connectivity index (χ1v) is 4.64. The zero-order valence-corrected chi connectivity index (χ0v) is 8.68. The van der Waals surface area contributed by atoms with E-state index in [0.29, 0.717) is 27.8 Å². The first-order chi connectivity index (χ1) is 6.24. The molecule has 0 saturated carbocycles. The number of hydrogen-bond acceptors (Lipinski definition) is 3. The molecule has 0 unspecified atom stereocenters. The van der Waals surface area contributed by atoms with Crippen LogP contribution in [-0.2, 0) is 0 Å². The van der Waals surface area contributed by atoms with Crippen LogP contribution in [0.3, 0.4) is 0 Å². The quantitative estimate of drug-likeness (QED) is 0.731. The molecule has 0 fully saturated rings. The highest BCUT2D eigenvalue weighted by atomic mass is 79.9. The van der Waals surface area contributed by atoms with Gasteiger partial charge in [0.05, 0.1) is 10.6 Å². The Morgan fingerprint density at radius 2 is 2.31 bits per heavy atom. The molecule has 1 aromatic rings. The molecule has 1 heterocycles. The van der Waals surface area contributed by atoms with Gasteiger partial charge in [0, 0.05) is 4.47 Å². The highest BCUT2D eigenvalue weighted by Crippen LogP contribution is 2.43. The third-order valence-electron chi connectivity index (χ3n) is 1.71. The van der Waals surface area contributed by atoms with Crippen LogP contribution in [0.5, 0.6) is 11.5 Å². The molecule has 1 aliphatic rings. The Balaban J connectivity index is 2.69. The van der Waals surface area contributed by atoms with Gasteiger partial charge >= 0.3 is 0 Å². The van der Waals surface area contributed by atoms with Crippen molar-refractivity contribution in [3.8, 4) is 11.5 Å². The summed E-state index contributed by atoms with van der Waals surface area (Å²) in [7, 11) is 0. The van der Waals surface area contributed by atoms with Crippen LogP contribution in [0.2, 0.25) is 5.02 Å². The van der Waals surface area contributed by atoms with Crippen LogP contribution in [0.15, 0.2) is 10.5 Å². The summed E-state index contributed by atoms with van der Waals surface area (Å²) in [5.74, 6) is 0.995. The number of fused-ring (bicyclic) bond motifs is 1. The summed E-state index contributed by atoms with van der Waals surface area (Å²) in [5, 5.41) is 0.289. The predicted molar refractivity (Wildman–Crippen MR) is 50.7 cm³/mol. The molecule has 13 heavy (non-hydrogen) atoms. The number of rotatable bonds is 1. The van der Waals surface area contributed by atoms with Crippen molar-refractivity contribution in [3.63, 3.8) is 0 Å². The lowest BCUT2D eigenvalue weighted by molar-refractivity contribution is 0.112. The fourth-order valence-electron chi connectivity index (χ4n) is 1.10. The van der Waals surface area contributed by atoms with Gasteiger partial charge in [-0.3, -0.25) is 4.79 Å². The summed E-state index contributed by atoms with van der Waals surface area (Å²) >= 11 is 9.10. The van der Waals surface area contributed by atoms with Crippen molar-refractivity contribution in [3.05, 3.63) is 21.1 Å². The molecular formula is C8H4BrClO3. The van der Waals surface area contributed by atoms with E-state index in [9.17, 15) is 4.79 Å². The minimum Gasteiger partial charge on any atom is -0.453 e. The van der Waals surface area contributed by atoms with Crippen molar-refractivity contribution in [2.45, 2.75) is 0 Å². The van der Waals surface area contributed by atoms with Gasteiger partial charge in [0.15, 0.2) is 17.8 Å². The minimum absolute atomic E-state index is 0.143. The molecule has 0 aromatic heterocycles. The standard InChI is InChI=1S/C8H4BrClO3/c9-5-1-6-8(13-3-12-6)7(10)4(5)2-11/h1-2H,3H2. The van der Waals surface area contributed by atoms with Crippen LogP contribution in [0, 0.1) is 0 Å². The second kappa shape index (κ2) is 3.20. The average Bonchev–Trinajstić information content (AvgIpc) is 2.53. The van der Waals surface area contributed by atoms with Crippen molar-refractivity contribution in [2.75, 3.05) is 6.79 Å². The monoisotopic (exact) mass is 262 g/mol. The number of carbonyl (C=O) groups is 1. The number of halogens is 2. The highest BCUT2D eigenvalue weighted by molar-refractivity contribution is 9.10. The van der Waals surface area contributed by atoms with E-state index in [1.165, 1.54) is 0 Å². The Labute approximate surface area is 87.7 Å². The molecule has 0 spiro atoms. The number of ether oxygens (including phenoxy) is 2. The maximum Gasteiger partial charge on any atom is 0.231 e. The summed E-state index contributed by atoms with van der Waals surface area (Å²) in [5.41, 5.74) is 0.380. The molecule has 0 radical (unpaired) electrons. The molecule has 0 N–H and O–H groups in total. The summed E-state index contributed by atoms with van der Waals surface area (Å²) in [6.45, 7) is 0.143. The molecule has 0 saturated heterocycles. The Bertz CT molecular complexity index is 378. The van der Waals surface area contributed by atoms with Crippen LogP contribution in [0.1, 0.15) is 10.4 Å². The Morgan fingerprint density at radius 3 is 3.00 bits per heavy atom. The molecule has 1 aliphatic heterocycles. The molecule has 68 valence electrons. The lowest BCUT2D eigenvalue weighted by Gasteiger charge is -2.03. The Hall–Kier alpha value is -0.740. The van der Waals surface area contributed by atoms with E-state index in [2.05, 4.69) is 15.9 Å². The van der Waals surface area contributed by atoms with E-state index in [-0.39, 0.29) is 11.8 Å². The minimum atomic E-state index is 0.143.